The summed E-state index contributed by atoms with van der Waals surface area (Å²) in [4.78, 5) is 1.33. The van der Waals surface area contributed by atoms with Crippen molar-refractivity contribution in [3.8, 4) is 0 Å². The van der Waals surface area contributed by atoms with Crippen LogP contribution < -0.4 is 0 Å². The minimum absolute atomic E-state index is 1.32. The van der Waals surface area contributed by atoms with Gasteiger partial charge in [-0.05, 0) is 18.4 Å². The van der Waals surface area contributed by atoms with Crippen LogP contribution >= 0.6 is 11.8 Å². The third kappa shape index (κ3) is 11.6. The molecule has 0 radical (unpaired) electrons. The fourth-order valence-corrected chi connectivity index (χ4v) is 0.986. The first-order valence-electron chi connectivity index (χ1n) is 5.44. The summed E-state index contributed by atoms with van der Waals surface area (Å²) >= 11 is 1.77. The molecule has 0 fully saturated rings. The Kier molecular flexibility index (Phi) is 17.2. The van der Waals surface area contributed by atoms with Gasteiger partial charge in [-0.15, -0.1) is 11.8 Å². The molecule has 0 saturated heterocycles. The number of benzene rings is 1. The monoisotopic (exact) mass is 212 g/mol. The molecule has 0 aliphatic heterocycles. The number of unbranched alkanes of at least 4 members (excludes halogenated alkanes) is 1. The first kappa shape index (κ1) is 16.0. The van der Waals surface area contributed by atoms with Crippen LogP contribution in [0.2, 0.25) is 0 Å². The molecule has 0 aliphatic rings. The zero-order chi connectivity index (χ0) is 11.2. The lowest BCUT2D eigenvalue weighted by molar-refractivity contribution is 0.886. The summed E-state index contributed by atoms with van der Waals surface area (Å²) in [5.41, 5.74) is 0. The molecule has 1 heteroatoms. The van der Waals surface area contributed by atoms with Crippen LogP contribution in [0.3, 0.4) is 0 Å². The predicted molar refractivity (Wildman–Crippen MR) is 70.2 cm³/mol. The third-order valence-electron chi connectivity index (χ3n) is 1.48. The topological polar surface area (TPSA) is 0 Å². The van der Waals surface area contributed by atoms with Gasteiger partial charge in [0.1, 0.15) is 0 Å². The largest absolute Gasteiger partial charge is 0.130 e. The molecule has 0 nitrogen and oxygen atoms in total. The highest BCUT2D eigenvalue weighted by Crippen LogP contribution is 2.11. The van der Waals surface area contributed by atoms with Crippen molar-refractivity contribution in [2.45, 2.75) is 45.4 Å². The molecule has 1 rings (SSSR count). The van der Waals surface area contributed by atoms with Gasteiger partial charge in [0.2, 0.25) is 0 Å². The number of rotatable bonds is 2. The molecule has 1 aromatic carbocycles. The summed E-state index contributed by atoms with van der Waals surface area (Å²) in [7, 11) is 0. The van der Waals surface area contributed by atoms with E-state index in [4.69, 9.17) is 0 Å². The van der Waals surface area contributed by atoms with Crippen molar-refractivity contribution < 1.29 is 0 Å². The fourth-order valence-electron chi connectivity index (χ4n) is 0.557. The first-order chi connectivity index (χ1) is 6.85. The molecule has 0 amide bonds. The van der Waals surface area contributed by atoms with E-state index in [2.05, 4.69) is 32.2 Å². The van der Waals surface area contributed by atoms with Crippen molar-refractivity contribution in [2.75, 3.05) is 6.26 Å². The van der Waals surface area contributed by atoms with Crippen molar-refractivity contribution in [1.29, 1.82) is 0 Å². The van der Waals surface area contributed by atoms with Crippen molar-refractivity contribution >= 4 is 11.8 Å². The second-order valence-corrected chi connectivity index (χ2v) is 3.40. The molecule has 1 aromatic rings. The van der Waals surface area contributed by atoms with E-state index in [0.717, 1.165) is 0 Å². The Hall–Kier alpha value is -0.430. The van der Waals surface area contributed by atoms with E-state index >= 15 is 0 Å². The van der Waals surface area contributed by atoms with Crippen LogP contribution in [0.5, 0.6) is 0 Å². The molecule has 0 aliphatic carbocycles. The van der Waals surface area contributed by atoms with Gasteiger partial charge in [-0.1, -0.05) is 58.7 Å². The normalized spacial score (nSPS) is 7.79. The van der Waals surface area contributed by atoms with E-state index in [9.17, 15) is 0 Å². The molecule has 0 N–H and O–H groups in total. The van der Waals surface area contributed by atoms with Crippen molar-refractivity contribution in [3.05, 3.63) is 30.3 Å². The Morgan fingerprint density at radius 1 is 0.929 bits per heavy atom. The summed E-state index contributed by atoms with van der Waals surface area (Å²) < 4.78 is 0. The number of hydrogen-bond donors (Lipinski definition) is 0. The van der Waals surface area contributed by atoms with E-state index in [1.807, 2.05) is 32.0 Å². The summed E-state index contributed by atoms with van der Waals surface area (Å²) in [6.45, 7) is 8.36. The van der Waals surface area contributed by atoms with Crippen molar-refractivity contribution in [2.24, 2.45) is 0 Å². The summed E-state index contributed by atoms with van der Waals surface area (Å²) in [5.74, 6) is 0. The Labute approximate surface area is 94.1 Å². The molecule has 0 spiro atoms. The Bertz CT molecular complexity index is 168. The maximum atomic E-state index is 2.18. The Morgan fingerprint density at radius 3 is 1.57 bits per heavy atom. The highest BCUT2D eigenvalue weighted by molar-refractivity contribution is 7.98. The molecule has 0 saturated carbocycles. The van der Waals surface area contributed by atoms with Crippen molar-refractivity contribution in [1.82, 2.24) is 0 Å². The van der Waals surface area contributed by atoms with Gasteiger partial charge in [0.05, 0.1) is 0 Å². The lowest BCUT2D eigenvalue weighted by atomic mass is 10.4. The molecule has 0 unspecified atom stereocenters. The van der Waals surface area contributed by atoms with Gasteiger partial charge in [0.15, 0.2) is 0 Å². The van der Waals surface area contributed by atoms with Gasteiger partial charge in [0, 0.05) is 4.90 Å². The van der Waals surface area contributed by atoms with E-state index in [1.54, 1.807) is 11.8 Å². The van der Waals surface area contributed by atoms with Crippen LogP contribution in [0.1, 0.15) is 40.5 Å². The molecule has 0 atom stereocenters. The SMILES string of the molecule is CC.CCCC.CSc1ccccc1. The van der Waals surface area contributed by atoms with Gasteiger partial charge in [0.25, 0.3) is 0 Å². The van der Waals surface area contributed by atoms with Gasteiger partial charge >= 0.3 is 0 Å². The van der Waals surface area contributed by atoms with Crippen LogP contribution in [0.25, 0.3) is 0 Å². The highest BCUT2D eigenvalue weighted by Gasteiger charge is 1.80. The third-order valence-corrected chi connectivity index (χ3v) is 2.22. The average molecular weight is 212 g/mol. The number of thioether (sulfide) groups is 1. The van der Waals surface area contributed by atoms with Gasteiger partial charge in [-0.25, -0.2) is 0 Å². The fraction of sp³-hybridized carbons (Fsp3) is 0.538. The van der Waals surface area contributed by atoms with E-state index in [0.29, 0.717) is 0 Å². The van der Waals surface area contributed by atoms with Gasteiger partial charge < -0.3 is 0 Å². The number of hydrogen-bond acceptors (Lipinski definition) is 1. The van der Waals surface area contributed by atoms with Crippen molar-refractivity contribution in [3.63, 3.8) is 0 Å². The minimum Gasteiger partial charge on any atom is -0.130 e. The quantitative estimate of drug-likeness (QED) is 0.604. The summed E-state index contributed by atoms with van der Waals surface area (Å²) in [5, 5.41) is 0. The van der Waals surface area contributed by atoms with Crippen LogP contribution in [-0.2, 0) is 0 Å². The molecular weight excluding hydrogens is 188 g/mol. The van der Waals surface area contributed by atoms with E-state index in [1.165, 1.54) is 17.7 Å². The minimum atomic E-state index is 1.32. The molecule has 0 heterocycles. The zero-order valence-electron chi connectivity index (χ0n) is 10.2. The van der Waals surface area contributed by atoms with Crippen LogP contribution in [0.4, 0.5) is 0 Å². The Morgan fingerprint density at radius 2 is 1.36 bits per heavy atom. The molecule has 0 aromatic heterocycles. The smallest absolute Gasteiger partial charge is 0.00691 e. The molecule has 0 bridgehead atoms. The van der Waals surface area contributed by atoms with Gasteiger partial charge in [-0.3, -0.25) is 0 Å². The van der Waals surface area contributed by atoms with E-state index in [-0.39, 0.29) is 0 Å². The Balaban J connectivity index is 0. The molecule has 14 heavy (non-hydrogen) atoms. The lowest BCUT2D eigenvalue weighted by Crippen LogP contribution is -1.62. The maximum absolute atomic E-state index is 2.18. The highest BCUT2D eigenvalue weighted by atomic mass is 32.2. The maximum Gasteiger partial charge on any atom is 0.00691 e. The van der Waals surface area contributed by atoms with Crippen LogP contribution in [0.15, 0.2) is 35.2 Å². The molecular formula is C13H24S. The van der Waals surface area contributed by atoms with Crippen LogP contribution in [-0.4, -0.2) is 6.26 Å². The summed E-state index contributed by atoms with van der Waals surface area (Å²) in [6, 6.07) is 10.3. The van der Waals surface area contributed by atoms with Crippen LogP contribution in [0, 0.1) is 0 Å². The second kappa shape index (κ2) is 15.1. The second-order valence-electron chi connectivity index (χ2n) is 2.52. The molecule has 82 valence electrons. The predicted octanol–water partition coefficient (Wildman–Crippen LogP) is 5.24. The standard InChI is InChI=1S/C7H8S.C4H10.C2H6/c1-8-7-5-3-2-4-6-7;1-3-4-2;1-2/h2-6H,1H3;3-4H2,1-2H3;1-2H3. The lowest BCUT2D eigenvalue weighted by Gasteiger charge is -1.89. The summed E-state index contributed by atoms with van der Waals surface area (Å²) in [6.07, 6.45) is 4.72. The first-order valence-corrected chi connectivity index (χ1v) is 6.66. The average Bonchev–Trinajstić information content (AvgIpc) is 2.33. The van der Waals surface area contributed by atoms with E-state index < -0.39 is 0 Å². The van der Waals surface area contributed by atoms with Gasteiger partial charge in [-0.2, -0.15) is 0 Å². The zero-order valence-corrected chi connectivity index (χ0v) is 11.0.